The molecule has 3 heteroatoms. The van der Waals surface area contributed by atoms with Gasteiger partial charge in [-0.15, -0.1) is 11.3 Å². The van der Waals surface area contributed by atoms with Gasteiger partial charge in [0.1, 0.15) is 11.9 Å². The summed E-state index contributed by atoms with van der Waals surface area (Å²) in [5, 5.41) is 11.5. The number of allylic oxidation sites excluding steroid dienone is 1. The number of aliphatic hydroxyl groups excluding tert-OH is 1. The van der Waals surface area contributed by atoms with E-state index in [-0.39, 0.29) is 5.82 Å². The molecule has 70 valence electrons. The predicted octanol–water partition coefficient (Wildman–Crippen LogP) is 3.03. The van der Waals surface area contributed by atoms with Gasteiger partial charge in [-0.25, -0.2) is 4.39 Å². The fraction of sp³-hybridized carbons (Fsp3) is 0.400. The third-order valence-electron chi connectivity index (χ3n) is 2.32. The van der Waals surface area contributed by atoms with Gasteiger partial charge in [0.25, 0.3) is 0 Å². The van der Waals surface area contributed by atoms with E-state index in [4.69, 9.17) is 0 Å². The molecule has 1 aromatic rings. The summed E-state index contributed by atoms with van der Waals surface area (Å²) >= 11 is 1.28. The van der Waals surface area contributed by atoms with Crippen molar-refractivity contribution in [3.8, 4) is 0 Å². The van der Waals surface area contributed by atoms with Crippen LogP contribution < -0.4 is 0 Å². The van der Waals surface area contributed by atoms with Gasteiger partial charge < -0.3 is 5.11 Å². The van der Waals surface area contributed by atoms with Crippen molar-refractivity contribution in [2.24, 2.45) is 0 Å². The molecule has 1 nitrogen and oxygen atoms in total. The Kier molecular flexibility index (Phi) is 2.47. The molecule has 0 aliphatic heterocycles. The minimum atomic E-state index is -0.706. The van der Waals surface area contributed by atoms with Gasteiger partial charge in [0.15, 0.2) is 0 Å². The summed E-state index contributed by atoms with van der Waals surface area (Å²) in [4.78, 5) is 0.452. The number of hydrogen-bond donors (Lipinski definition) is 1. The summed E-state index contributed by atoms with van der Waals surface area (Å²) in [6, 6.07) is 1.40. The fourth-order valence-electron chi connectivity index (χ4n) is 1.61. The lowest BCUT2D eigenvalue weighted by molar-refractivity contribution is 0.212. The summed E-state index contributed by atoms with van der Waals surface area (Å²) in [7, 11) is 0. The lowest BCUT2D eigenvalue weighted by Crippen LogP contribution is -1.98. The monoisotopic (exact) mass is 198 g/mol. The minimum absolute atomic E-state index is 0.287. The zero-order valence-electron chi connectivity index (χ0n) is 7.16. The van der Waals surface area contributed by atoms with Gasteiger partial charge in [0, 0.05) is 0 Å². The van der Waals surface area contributed by atoms with Crippen LogP contribution in [0, 0.1) is 5.82 Å². The number of thiophene rings is 1. The highest BCUT2D eigenvalue weighted by Crippen LogP contribution is 2.34. The van der Waals surface area contributed by atoms with Gasteiger partial charge in [0.05, 0.1) is 4.88 Å². The average molecular weight is 198 g/mol. The molecule has 1 unspecified atom stereocenters. The molecule has 0 aromatic carbocycles. The van der Waals surface area contributed by atoms with Gasteiger partial charge in [-0.2, -0.15) is 0 Å². The van der Waals surface area contributed by atoms with Gasteiger partial charge >= 0.3 is 0 Å². The molecule has 1 aliphatic carbocycles. The van der Waals surface area contributed by atoms with Gasteiger partial charge in [-0.05, 0) is 36.3 Å². The van der Waals surface area contributed by atoms with E-state index in [1.807, 2.05) is 6.08 Å². The normalized spacial score (nSPS) is 18.8. The Labute approximate surface area is 80.5 Å². The fourth-order valence-corrected chi connectivity index (χ4v) is 2.41. The largest absolute Gasteiger partial charge is 0.383 e. The smallest absolute Gasteiger partial charge is 0.140 e. The summed E-state index contributed by atoms with van der Waals surface area (Å²) in [5.74, 6) is -0.287. The van der Waals surface area contributed by atoms with E-state index in [9.17, 15) is 9.50 Å². The first-order chi connectivity index (χ1) is 6.29. The molecule has 1 heterocycles. The van der Waals surface area contributed by atoms with E-state index >= 15 is 0 Å². The summed E-state index contributed by atoms with van der Waals surface area (Å²) < 4.78 is 13.1. The quantitative estimate of drug-likeness (QED) is 0.724. The number of aliphatic hydroxyl groups is 1. The molecule has 0 spiro atoms. The van der Waals surface area contributed by atoms with E-state index in [1.165, 1.54) is 17.4 Å². The van der Waals surface area contributed by atoms with Crippen molar-refractivity contribution in [3.05, 3.63) is 33.8 Å². The second-order valence-corrected chi connectivity index (χ2v) is 4.15. The first-order valence-corrected chi connectivity index (χ1v) is 5.27. The molecule has 13 heavy (non-hydrogen) atoms. The summed E-state index contributed by atoms with van der Waals surface area (Å²) in [6.07, 6.45) is 4.31. The van der Waals surface area contributed by atoms with Crippen molar-refractivity contribution in [2.45, 2.75) is 25.4 Å². The van der Waals surface area contributed by atoms with Crippen LogP contribution >= 0.6 is 11.3 Å². The van der Waals surface area contributed by atoms with E-state index in [1.54, 1.807) is 5.38 Å². The molecule has 1 aliphatic rings. The molecule has 0 amide bonds. The first kappa shape index (κ1) is 8.91. The van der Waals surface area contributed by atoms with Crippen LogP contribution in [0.2, 0.25) is 0 Å². The molecule has 1 aromatic heterocycles. The molecular weight excluding hydrogens is 187 g/mol. The highest BCUT2D eigenvalue weighted by atomic mass is 32.1. The van der Waals surface area contributed by atoms with Crippen LogP contribution in [-0.2, 0) is 0 Å². The van der Waals surface area contributed by atoms with Gasteiger partial charge in [-0.3, -0.25) is 0 Å². The summed E-state index contributed by atoms with van der Waals surface area (Å²) in [6.45, 7) is 0. The van der Waals surface area contributed by atoms with Crippen molar-refractivity contribution < 1.29 is 9.50 Å². The van der Waals surface area contributed by atoms with Crippen LogP contribution in [0.25, 0.3) is 0 Å². The molecule has 0 bridgehead atoms. The minimum Gasteiger partial charge on any atom is -0.383 e. The molecule has 0 fully saturated rings. The van der Waals surface area contributed by atoms with E-state index in [0.29, 0.717) is 4.88 Å². The highest BCUT2D eigenvalue weighted by Gasteiger charge is 2.20. The molecule has 1 N–H and O–H groups in total. The van der Waals surface area contributed by atoms with E-state index in [0.717, 1.165) is 24.8 Å². The highest BCUT2D eigenvalue weighted by molar-refractivity contribution is 7.10. The predicted molar refractivity (Wildman–Crippen MR) is 51.2 cm³/mol. The SMILES string of the molecule is OC(C1=CCCC1)c1sccc1F. The van der Waals surface area contributed by atoms with Crippen molar-refractivity contribution in [2.75, 3.05) is 0 Å². The second kappa shape index (κ2) is 3.60. The third-order valence-corrected chi connectivity index (χ3v) is 3.26. The van der Waals surface area contributed by atoms with E-state index in [2.05, 4.69) is 0 Å². The number of rotatable bonds is 2. The van der Waals surface area contributed by atoms with Crippen LogP contribution in [-0.4, -0.2) is 5.11 Å². The van der Waals surface area contributed by atoms with E-state index < -0.39 is 6.10 Å². The maximum Gasteiger partial charge on any atom is 0.140 e. The Morgan fingerprint density at radius 1 is 1.54 bits per heavy atom. The van der Waals surface area contributed by atoms with Crippen LogP contribution in [0.5, 0.6) is 0 Å². The van der Waals surface area contributed by atoms with Crippen molar-refractivity contribution in [1.82, 2.24) is 0 Å². The zero-order valence-corrected chi connectivity index (χ0v) is 7.98. The Morgan fingerprint density at radius 2 is 2.38 bits per heavy atom. The maximum absolute atomic E-state index is 13.1. The molecule has 0 saturated carbocycles. The second-order valence-electron chi connectivity index (χ2n) is 3.21. The van der Waals surface area contributed by atoms with Crippen LogP contribution in [0.3, 0.4) is 0 Å². The molecule has 1 atom stereocenters. The Bertz CT molecular complexity index is 329. The van der Waals surface area contributed by atoms with Crippen molar-refractivity contribution in [1.29, 1.82) is 0 Å². The zero-order chi connectivity index (χ0) is 9.26. The molecular formula is C10H11FOS. The maximum atomic E-state index is 13.1. The molecule has 0 saturated heterocycles. The van der Waals surface area contributed by atoms with Crippen LogP contribution in [0.15, 0.2) is 23.1 Å². The third kappa shape index (κ3) is 1.67. The Balaban J connectivity index is 2.21. The number of halogens is 1. The van der Waals surface area contributed by atoms with Gasteiger partial charge in [-0.1, -0.05) is 6.08 Å². The molecule has 2 rings (SSSR count). The standard InChI is InChI=1S/C10H11FOS/c11-8-5-6-13-10(8)9(12)7-3-1-2-4-7/h3,5-6,9,12H,1-2,4H2. The van der Waals surface area contributed by atoms with Crippen molar-refractivity contribution in [3.63, 3.8) is 0 Å². The lowest BCUT2D eigenvalue weighted by Gasteiger charge is -2.09. The average Bonchev–Trinajstić information content (AvgIpc) is 2.72. The molecule has 0 radical (unpaired) electrons. The van der Waals surface area contributed by atoms with Crippen molar-refractivity contribution >= 4 is 11.3 Å². The summed E-state index contributed by atoms with van der Waals surface area (Å²) in [5.41, 5.74) is 0.973. The first-order valence-electron chi connectivity index (χ1n) is 4.39. The number of hydrogen-bond acceptors (Lipinski definition) is 2. The Morgan fingerprint density at radius 3 is 2.92 bits per heavy atom. The topological polar surface area (TPSA) is 20.2 Å². The van der Waals surface area contributed by atoms with Gasteiger partial charge in [0.2, 0.25) is 0 Å². The lowest BCUT2D eigenvalue weighted by atomic mass is 10.1. The van der Waals surface area contributed by atoms with Crippen LogP contribution in [0.4, 0.5) is 4.39 Å². The Hall–Kier alpha value is -0.670. The van der Waals surface area contributed by atoms with Crippen LogP contribution in [0.1, 0.15) is 30.2 Å².